The number of nitrogens with zero attached hydrogens (tertiary/aromatic N) is 3. The van der Waals surface area contributed by atoms with Crippen molar-refractivity contribution in [2.75, 3.05) is 5.32 Å². The summed E-state index contributed by atoms with van der Waals surface area (Å²) in [5, 5.41) is 16.1. The van der Waals surface area contributed by atoms with Crippen LogP contribution in [-0.2, 0) is 11.4 Å². The molecular weight excluding hydrogens is 359 g/mol. The molecule has 2 aromatic heterocycles. The zero-order valence-electron chi connectivity index (χ0n) is 15.0. The van der Waals surface area contributed by atoms with E-state index in [1.807, 2.05) is 10.9 Å². The Kier molecular flexibility index (Phi) is 4.99. The van der Waals surface area contributed by atoms with Crippen molar-refractivity contribution in [2.45, 2.75) is 25.5 Å². The first-order valence-electron chi connectivity index (χ1n) is 9.01. The van der Waals surface area contributed by atoms with Crippen LogP contribution < -0.4 is 5.32 Å². The zero-order chi connectivity index (χ0) is 19.5. The first kappa shape index (κ1) is 18.1. The summed E-state index contributed by atoms with van der Waals surface area (Å²) < 4.78 is 16.3. The summed E-state index contributed by atoms with van der Waals surface area (Å²) in [6.07, 6.45) is 11.2. The van der Waals surface area contributed by atoms with Gasteiger partial charge in [0.1, 0.15) is 5.82 Å². The van der Waals surface area contributed by atoms with Gasteiger partial charge in [0.25, 0.3) is 0 Å². The van der Waals surface area contributed by atoms with E-state index in [0.29, 0.717) is 28.4 Å². The average molecular weight is 378 g/mol. The predicted molar refractivity (Wildman–Crippen MR) is 104 cm³/mol. The van der Waals surface area contributed by atoms with E-state index >= 15 is 0 Å². The minimum absolute atomic E-state index is 0.0548. The molecule has 0 radical (unpaired) electrons. The number of hydrogen-bond acceptors (Lipinski definition) is 4. The second kappa shape index (κ2) is 7.74. The van der Waals surface area contributed by atoms with E-state index in [4.69, 9.17) is 5.11 Å². The van der Waals surface area contributed by atoms with Gasteiger partial charge in [-0.1, -0.05) is 12.1 Å². The highest BCUT2D eigenvalue weighted by Crippen LogP contribution is 2.36. The number of aliphatic hydroxyl groups is 1. The number of pyridine rings is 1. The van der Waals surface area contributed by atoms with E-state index in [-0.39, 0.29) is 12.5 Å². The molecule has 0 atom stereocenters. The molecule has 2 N–H and O–H groups in total. The number of halogens is 1. The van der Waals surface area contributed by atoms with Gasteiger partial charge in [0.15, 0.2) is 0 Å². The quantitative estimate of drug-likeness (QED) is 0.643. The third-order valence-corrected chi connectivity index (χ3v) is 4.56. The number of benzene rings is 1. The molecular formula is C21H19FN4O2. The fourth-order valence-electron chi connectivity index (χ4n) is 2.93. The Morgan fingerprint density at radius 3 is 2.75 bits per heavy atom. The average Bonchev–Trinajstić information content (AvgIpc) is 3.45. The van der Waals surface area contributed by atoms with Gasteiger partial charge in [0, 0.05) is 40.8 Å². The highest BCUT2D eigenvalue weighted by atomic mass is 19.1. The number of aliphatic hydroxyl groups excluding tert-OH is 1. The minimum atomic E-state index is -0.461. The molecule has 1 aromatic carbocycles. The Morgan fingerprint density at radius 2 is 2.04 bits per heavy atom. The molecule has 1 saturated carbocycles. The molecule has 4 rings (SSSR count). The van der Waals surface area contributed by atoms with Crippen LogP contribution in [-0.4, -0.2) is 25.8 Å². The Balaban J connectivity index is 1.53. The Hall–Kier alpha value is -3.32. The molecule has 28 heavy (non-hydrogen) atoms. The Morgan fingerprint density at radius 1 is 1.25 bits per heavy atom. The predicted octanol–water partition coefficient (Wildman–Crippen LogP) is 3.56. The van der Waals surface area contributed by atoms with Gasteiger partial charge in [-0.25, -0.2) is 4.39 Å². The highest BCUT2D eigenvalue weighted by Gasteiger charge is 2.25. The molecule has 1 amide bonds. The molecule has 2 heterocycles. The maximum Gasteiger partial charge on any atom is 0.248 e. The van der Waals surface area contributed by atoms with Crippen LogP contribution in [0, 0.1) is 5.82 Å². The normalized spacial score (nSPS) is 13.8. The van der Waals surface area contributed by atoms with Crippen LogP contribution in [0.3, 0.4) is 0 Å². The SMILES string of the molecule is O=C(C=Cc1cncc(F)c1-c1cnn(C2CC2)c1)Nc1ccc(CO)cc1. The van der Waals surface area contributed by atoms with E-state index in [1.54, 1.807) is 30.5 Å². The topological polar surface area (TPSA) is 80.0 Å². The van der Waals surface area contributed by atoms with Gasteiger partial charge in [-0.3, -0.25) is 14.5 Å². The van der Waals surface area contributed by atoms with Gasteiger partial charge in [-0.15, -0.1) is 0 Å². The molecule has 0 aliphatic heterocycles. The van der Waals surface area contributed by atoms with Crippen molar-refractivity contribution in [1.82, 2.24) is 14.8 Å². The fraction of sp³-hybridized carbons (Fsp3) is 0.190. The number of carbonyl (C=O) groups excluding carboxylic acids is 1. The summed E-state index contributed by atoms with van der Waals surface area (Å²) in [5.74, 6) is -0.807. The summed E-state index contributed by atoms with van der Waals surface area (Å²) >= 11 is 0. The fourth-order valence-corrected chi connectivity index (χ4v) is 2.93. The summed E-state index contributed by atoms with van der Waals surface area (Å²) in [5.41, 5.74) is 2.90. The third kappa shape index (κ3) is 3.99. The highest BCUT2D eigenvalue weighted by molar-refractivity contribution is 6.02. The largest absolute Gasteiger partial charge is 0.392 e. The number of rotatable bonds is 6. The van der Waals surface area contributed by atoms with E-state index in [2.05, 4.69) is 15.4 Å². The van der Waals surface area contributed by atoms with Gasteiger partial charge < -0.3 is 10.4 Å². The summed E-state index contributed by atoms with van der Waals surface area (Å²) in [6.45, 7) is -0.0548. The Labute approximate surface area is 161 Å². The maximum atomic E-state index is 14.5. The molecule has 1 aliphatic rings. The van der Waals surface area contributed by atoms with Gasteiger partial charge in [-0.05, 0) is 36.6 Å². The first-order valence-corrected chi connectivity index (χ1v) is 9.01. The second-order valence-electron chi connectivity index (χ2n) is 6.70. The lowest BCUT2D eigenvalue weighted by Gasteiger charge is -2.05. The van der Waals surface area contributed by atoms with E-state index < -0.39 is 5.82 Å². The maximum absolute atomic E-state index is 14.5. The first-order chi connectivity index (χ1) is 13.6. The van der Waals surface area contributed by atoms with Crippen LogP contribution in [0.5, 0.6) is 0 Å². The number of carbonyl (C=O) groups is 1. The zero-order valence-corrected chi connectivity index (χ0v) is 15.0. The van der Waals surface area contributed by atoms with Crippen LogP contribution >= 0.6 is 0 Å². The monoisotopic (exact) mass is 378 g/mol. The van der Waals surface area contributed by atoms with Crippen LogP contribution in [0.25, 0.3) is 17.2 Å². The van der Waals surface area contributed by atoms with Crippen molar-refractivity contribution in [3.05, 3.63) is 72.1 Å². The van der Waals surface area contributed by atoms with Crippen molar-refractivity contribution in [2.24, 2.45) is 0 Å². The lowest BCUT2D eigenvalue weighted by molar-refractivity contribution is -0.111. The van der Waals surface area contributed by atoms with Gasteiger partial charge in [0.2, 0.25) is 5.91 Å². The van der Waals surface area contributed by atoms with Gasteiger partial charge in [-0.2, -0.15) is 5.10 Å². The van der Waals surface area contributed by atoms with Crippen LogP contribution in [0.1, 0.15) is 30.0 Å². The lowest BCUT2D eigenvalue weighted by atomic mass is 10.0. The number of nitrogens with one attached hydrogen (secondary N) is 1. The van der Waals surface area contributed by atoms with Gasteiger partial charge >= 0.3 is 0 Å². The molecule has 0 spiro atoms. The molecule has 3 aromatic rings. The number of aromatic nitrogens is 3. The van der Waals surface area contributed by atoms with E-state index in [9.17, 15) is 9.18 Å². The van der Waals surface area contributed by atoms with Crippen LogP contribution in [0.4, 0.5) is 10.1 Å². The summed E-state index contributed by atoms with van der Waals surface area (Å²) in [6, 6.07) is 7.27. The van der Waals surface area contributed by atoms with E-state index in [0.717, 1.165) is 24.6 Å². The molecule has 0 bridgehead atoms. The smallest absolute Gasteiger partial charge is 0.248 e. The number of hydrogen-bond donors (Lipinski definition) is 2. The standard InChI is InChI=1S/C21H19FN4O2/c22-19-11-23-9-15(21(19)16-10-24-26(12-16)18-6-7-18)3-8-20(28)25-17-4-1-14(13-27)2-5-17/h1-5,8-12,18,27H,6-7,13H2,(H,25,28). The molecule has 6 nitrogen and oxygen atoms in total. The van der Waals surface area contributed by atoms with E-state index in [1.165, 1.54) is 18.3 Å². The lowest BCUT2D eigenvalue weighted by Crippen LogP contribution is -2.07. The van der Waals surface area contributed by atoms with Crippen LogP contribution in [0.2, 0.25) is 0 Å². The Bertz CT molecular complexity index is 1020. The molecule has 0 unspecified atom stereocenters. The third-order valence-electron chi connectivity index (χ3n) is 4.56. The number of amides is 1. The molecule has 1 aliphatic carbocycles. The van der Waals surface area contributed by atoms with Crippen molar-refractivity contribution in [3.8, 4) is 11.1 Å². The van der Waals surface area contributed by atoms with Gasteiger partial charge in [0.05, 0.1) is 25.0 Å². The minimum Gasteiger partial charge on any atom is -0.392 e. The number of anilines is 1. The van der Waals surface area contributed by atoms with Crippen molar-refractivity contribution in [3.63, 3.8) is 0 Å². The summed E-state index contributed by atoms with van der Waals surface area (Å²) in [4.78, 5) is 16.1. The van der Waals surface area contributed by atoms with Crippen LogP contribution in [0.15, 0.2) is 55.1 Å². The second-order valence-corrected chi connectivity index (χ2v) is 6.70. The summed E-state index contributed by atoms with van der Waals surface area (Å²) in [7, 11) is 0. The van der Waals surface area contributed by atoms with Crippen molar-refractivity contribution >= 4 is 17.7 Å². The molecule has 1 fully saturated rings. The molecule has 142 valence electrons. The molecule has 7 heteroatoms. The van der Waals surface area contributed by atoms with Crippen molar-refractivity contribution < 1.29 is 14.3 Å². The van der Waals surface area contributed by atoms with Crippen molar-refractivity contribution in [1.29, 1.82) is 0 Å². The molecule has 0 saturated heterocycles.